The Morgan fingerprint density at radius 3 is 2.12 bits per heavy atom. The van der Waals surface area contributed by atoms with Gasteiger partial charge in [0.05, 0.1) is 10.5 Å². The summed E-state index contributed by atoms with van der Waals surface area (Å²) in [5.74, 6) is 0.0779. The number of hydrogen-bond donors (Lipinski definition) is 0. The fraction of sp³-hybridized carbons (Fsp3) is 0.519. The van der Waals surface area contributed by atoms with Crippen LogP contribution in [0.25, 0.3) is 0 Å². The number of benzene rings is 2. The zero-order valence-electron chi connectivity index (χ0n) is 19.6. The van der Waals surface area contributed by atoms with E-state index in [1.54, 1.807) is 36.4 Å². The quantitative estimate of drug-likeness (QED) is 0.232. The number of aryl methyl sites for hydroxylation is 1. The third kappa shape index (κ3) is 7.68. The molecule has 5 nitrogen and oxygen atoms in total. The van der Waals surface area contributed by atoms with E-state index >= 15 is 0 Å². The van der Waals surface area contributed by atoms with Crippen LogP contribution in [0.5, 0.6) is 5.75 Å². The van der Waals surface area contributed by atoms with E-state index in [4.69, 9.17) is 8.92 Å². The van der Waals surface area contributed by atoms with E-state index in [2.05, 4.69) is 6.92 Å². The van der Waals surface area contributed by atoms with Crippen molar-refractivity contribution in [2.24, 2.45) is 0 Å². The number of ketones is 1. The van der Waals surface area contributed by atoms with Gasteiger partial charge in [-0.05, 0) is 42.7 Å². The molecule has 1 aliphatic rings. The molecule has 1 heterocycles. The number of rotatable bonds is 14. The molecule has 0 bridgehead atoms. The minimum atomic E-state index is -4.06. The summed E-state index contributed by atoms with van der Waals surface area (Å²) in [6.45, 7) is 2.13. The second kappa shape index (κ2) is 12.9. The zero-order valence-corrected chi connectivity index (χ0v) is 20.4. The lowest BCUT2D eigenvalue weighted by atomic mass is 10.0. The number of carbonyl (C=O) groups is 1. The number of fused-ring (bicyclic) bond motifs is 1. The molecule has 0 radical (unpaired) electrons. The van der Waals surface area contributed by atoms with Crippen molar-refractivity contribution in [3.8, 4) is 5.75 Å². The van der Waals surface area contributed by atoms with Crippen molar-refractivity contribution in [1.29, 1.82) is 0 Å². The van der Waals surface area contributed by atoms with Gasteiger partial charge < -0.3 is 4.74 Å². The van der Waals surface area contributed by atoms with Gasteiger partial charge in [-0.3, -0.25) is 8.98 Å². The number of carbonyl (C=O) groups excluding carboxylic acids is 1. The Kier molecular flexibility index (Phi) is 9.95. The summed E-state index contributed by atoms with van der Waals surface area (Å²) < 4.78 is 36.1. The molecule has 1 aliphatic heterocycles. The normalized spacial score (nSPS) is 15.8. The SMILES string of the molecule is CCCCCCCCCCCCc1ccc(S(=O)(=O)OC2COc3ccccc3C2=O)cc1. The first-order valence-corrected chi connectivity index (χ1v) is 13.7. The van der Waals surface area contributed by atoms with Gasteiger partial charge in [-0.2, -0.15) is 8.42 Å². The van der Waals surface area contributed by atoms with E-state index in [9.17, 15) is 13.2 Å². The van der Waals surface area contributed by atoms with Crippen molar-refractivity contribution in [3.05, 3.63) is 59.7 Å². The smallest absolute Gasteiger partial charge is 0.297 e. The summed E-state index contributed by atoms with van der Waals surface area (Å²) in [7, 11) is -4.06. The minimum Gasteiger partial charge on any atom is -0.490 e. The topological polar surface area (TPSA) is 69.7 Å². The molecule has 0 fully saturated rings. The maximum atomic E-state index is 12.7. The molecule has 6 heteroatoms. The van der Waals surface area contributed by atoms with E-state index in [0.29, 0.717) is 11.3 Å². The fourth-order valence-corrected chi connectivity index (χ4v) is 5.16. The summed E-state index contributed by atoms with van der Waals surface area (Å²) in [6.07, 6.45) is 12.7. The van der Waals surface area contributed by atoms with E-state index in [1.807, 2.05) is 12.1 Å². The Hall–Kier alpha value is -2.18. The maximum absolute atomic E-state index is 12.7. The van der Waals surface area contributed by atoms with Gasteiger partial charge in [-0.1, -0.05) is 89.0 Å². The Morgan fingerprint density at radius 2 is 1.45 bits per heavy atom. The number of para-hydroxylation sites is 1. The minimum absolute atomic E-state index is 0.0565. The largest absolute Gasteiger partial charge is 0.490 e. The zero-order chi connectivity index (χ0) is 23.5. The molecule has 0 aliphatic carbocycles. The molecule has 0 saturated heterocycles. The van der Waals surface area contributed by atoms with E-state index in [0.717, 1.165) is 18.4 Å². The van der Waals surface area contributed by atoms with Gasteiger partial charge in [-0.25, -0.2) is 0 Å². The van der Waals surface area contributed by atoms with Crippen LogP contribution >= 0.6 is 0 Å². The summed E-state index contributed by atoms with van der Waals surface area (Å²) in [5, 5.41) is 0. The molecule has 0 saturated carbocycles. The second-order valence-electron chi connectivity index (χ2n) is 8.79. The van der Waals surface area contributed by atoms with E-state index < -0.39 is 16.2 Å². The highest BCUT2D eigenvalue weighted by Gasteiger charge is 2.34. The van der Waals surface area contributed by atoms with Gasteiger partial charge in [0, 0.05) is 0 Å². The molecule has 3 rings (SSSR count). The summed E-state index contributed by atoms with van der Waals surface area (Å²) in [5.41, 5.74) is 1.45. The molecule has 1 atom stereocenters. The van der Waals surface area contributed by atoms with Crippen molar-refractivity contribution < 1.29 is 22.1 Å². The van der Waals surface area contributed by atoms with Crippen LogP contribution in [-0.4, -0.2) is 26.9 Å². The maximum Gasteiger partial charge on any atom is 0.297 e. The molecule has 1 unspecified atom stereocenters. The van der Waals surface area contributed by atoms with Gasteiger partial charge in [0.25, 0.3) is 10.1 Å². The number of hydrogen-bond acceptors (Lipinski definition) is 5. The lowest BCUT2D eigenvalue weighted by Gasteiger charge is -2.23. The van der Waals surface area contributed by atoms with Crippen molar-refractivity contribution in [2.45, 2.75) is 88.6 Å². The molecule has 33 heavy (non-hydrogen) atoms. The van der Waals surface area contributed by atoms with Crippen LogP contribution in [0.3, 0.4) is 0 Å². The van der Waals surface area contributed by atoms with Crippen LogP contribution in [0.2, 0.25) is 0 Å². The summed E-state index contributed by atoms with van der Waals surface area (Å²) in [4.78, 5) is 12.6. The van der Waals surface area contributed by atoms with Crippen molar-refractivity contribution in [2.75, 3.05) is 6.61 Å². The van der Waals surface area contributed by atoms with Crippen LogP contribution in [0.1, 0.15) is 87.1 Å². The number of Topliss-reactive ketones (excluding diaryl/α,β-unsaturated/α-hetero) is 1. The highest BCUT2D eigenvalue weighted by Crippen LogP contribution is 2.27. The number of unbranched alkanes of at least 4 members (excludes halogenated alkanes) is 9. The Morgan fingerprint density at radius 1 is 0.848 bits per heavy atom. The second-order valence-corrected chi connectivity index (χ2v) is 10.4. The first kappa shape index (κ1) is 25.4. The van der Waals surface area contributed by atoms with Crippen molar-refractivity contribution >= 4 is 15.9 Å². The standard InChI is InChI=1S/C27H36O5S/c1-2-3-4-5-6-7-8-9-10-11-14-22-17-19-23(20-18-22)33(29,30)32-26-21-31-25-16-13-12-15-24(25)27(26)28/h12-13,15-20,26H,2-11,14,21H2,1H3. The van der Waals surface area contributed by atoms with Crippen LogP contribution in [-0.2, 0) is 20.7 Å². The molecule has 0 N–H and O–H groups in total. The van der Waals surface area contributed by atoms with Gasteiger partial charge in [0.1, 0.15) is 12.4 Å². The summed E-state index contributed by atoms with van der Waals surface area (Å²) in [6, 6.07) is 13.6. The van der Waals surface area contributed by atoms with Gasteiger partial charge in [-0.15, -0.1) is 0 Å². The Labute approximate surface area is 198 Å². The molecular formula is C27H36O5S. The highest BCUT2D eigenvalue weighted by atomic mass is 32.2. The predicted molar refractivity (Wildman–Crippen MR) is 130 cm³/mol. The van der Waals surface area contributed by atoms with Crippen LogP contribution in [0.15, 0.2) is 53.4 Å². The average molecular weight is 473 g/mol. The molecule has 0 aromatic heterocycles. The number of ether oxygens (including phenoxy) is 1. The van der Waals surface area contributed by atoms with Gasteiger partial charge >= 0.3 is 0 Å². The highest BCUT2D eigenvalue weighted by molar-refractivity contribution is 7.86. The molecular weight excluding hydrogens is 436 g/mol. The molecule has 2 aromatic rings. The van der Waals surface area contributed by atoms with Gasteiger partial charge in [0.2, 0.25) is 0 Å². The first-order valence-electron chi connectivity index (χ1n) is 12.3. The summed E-state index contributed by atoms with van der Waals surface area (Å²) >= 11 is 0. The lowest BCUT2D eigenvalue weighted by molar-refractivity contribution is 0.0643. The van der Waals surface area contributed by atoms with Crippen LogP contribution < -0.4 is 4.74 Å². The first-order chi connectivity index (χ1) is 16.0. The van der Waals surface area contributed by atoms with Crippen molar-refractivity contribution in [1.82, 2.24) is 0 Å². The lowest BCUT2D eigenvalue weighted by Crippen LogP contribution is -2.37. The monoisotopic (exact) mass is 472 g/mol. The molecule has 0 amide bonds. The van der Waals surface area contributed by atoms with E-state index in [1.165, 1.54) is 57.8 Å². The third-order valence-corrected chi connectivity index (χ3v) is 7.44. The third-order valence-electron chi connectivity index (χ3n) is 6.11. The Bertz CT molecular complexity index is 982. The van der Waals surface area contributed by atoms with E-state index in [-0.39, 0.29) is 17.3 Å². The Balaban J connectivity index is 1.41. The van der Waals surface area contributed by atoms with Crippen molar-refractivity contribution in [3.63, 3.8) is 0 Å². The average Bonchev–Trinajstić information content (AvgIpc) is 2.82. The van der Waals surface area contributed by atoms with Gasteiger partial charge in [0.15, 0.2) is 11.9 Å². The molecule has 180 valence electrons. The molecule has 0 spiro atoms. The molecule has 2 aromatic carbocycles. The van der Waals surface area contributed by atoms with Crippen LogP contribution in [0, 0.1) is 0 Å². The predicted octanol–water partition coefficient (Wildman–Crippen LogP) is 6.50. The fourth-order valence-electron chi connectivity index (χ4n) is 4.13. The van der Waals surface area contributed by atoms with Crippen LogP contribution in [0.4, 0.5) is 0 Å².